The molecule has 2 aromatic carbocycles. The summed E-state index contributed by atoms with van der Waals surface area (Å²) in [4.78, 5) is 35.3. The second kappa shape index (κ2) is 10.3. The van der Waals surface area contributed by atoms with E-state index in [9.17, 15) is 9.59 Å². The number of aromatic nitrogens is 1. The molecule has 32 heavy (non-hydrogen) atoms. The van der Waals surface area contributed by atoms with Crippen LogP contribution in [0.4, 0.5) is 10.6 Å². The molecule has 1 heterocycles. The summed E-state index contributed by atoms with van der Waals surface area (Å²) in [7, 11) is 1.74. The van der Waals surface area contributed by atoms with Crippen LogP contribution in [-0.4, -0.2) is 36.0 Å². The number of primary amides is 2. The van der Waals surface area contributed by atoms with E-state index >= 15 is 0 Å². The predicted octanol–water partition coefficient (Wildman–Crippen LogP) is 3.10. The lowest BCUT2D eigenvalue weighted by molar-refractivity contribution is -0.106. The first-order chi connectivity index (χ1) is 15.1. The van der Waals surface area contributed by atoms with E-state index in [2.05, 4.69) is 21.4 Å². The maximum atomic E-state index is 11.8. The van der Waals surface area contributed by atoms with Gasteiger partial charge < -0.3 is 31.8 Å². The van der Waals surface area contributed by atoms with Gasteiger partial charge in [-0.1, -0.05) is 36.4 Å². The molecule has 0 bridgehead atoms. The number of rotatable bonds is 5. The molecule has 0 saturated carbocycles. The van der Waals surface area contributed by atoms with Crippen LogP contribution in [0.5, 0.6) is 0 Å². The minimum atomic E-state index is -0.522. The molecule has 7 N–H and O–H groups in total. The van der Waals surface area contributed by atoms with Gasteiger partial charge in [-0.05, 0) is 43.5 Å². The number of ether oxygens (including phenoxy) is 1. The number of hydrogen-bond acceptors (Lipinski definition) is 5. The number of hydrogen-bond donors (Lipinski definition) is 5. The molecule has 0 unspecified atom stereocenters. The first kappa shape index (κ1) is 24.3. The summed E-state index contributed by atoms with van der Waals surface area (Å²) in [5.74, 6) is 0.128. The van der Waals surface area contributed by atoms with E-state index in [4.69, 9.17) is 15.3 Å². The minimum absolute atomic E-state index is 0.250. The lowest BCUT2D eigenvalue weighted by Gasteiger charge is -2.19. The van der Waals surface area contributed by atoms with Crippen molar-refractivity contribution in [1.82, 2.24) is 10.3 Å². The average molecular weight is 440 g/mol. The maximum absolute atomic E-state index is 11.8. The molecule has 0 atom stereocenters. The number of H-pyrrole nitrogens is 1. The lowest BCUT2D eigenvalue weighted by Crippen LogP contribution is -2.32. The second-order valence-electron chi connectivity index (χ2n) is 7.94. The predicted molar refractivity (Wildman–Crippen MR) is 125 cm³/mol. The van der Waals surface area contributed by atoms with Crippen LogP contribution in [-0.2, 0) is 16.1 Å². The molecule has 3 aromatic rings. The van der Waals surface area contributed by atoms with Crippen molar-refractivity contribution in [2.24, 2.45) is 11.5 Å². The number of aromatic amines is 1. The highest BCUT2D eigenvalue weighted by molar-refractivity contribution is 6.11. The van der Waals surface area contributed by atoms with Gasteiger partial charge in [-0.25, -0.2) is 4.79 Å². The number of amides is 3. The Hall–Kier alpha value is -4.01. The Bertz CT molecular complexity index is 1100. The molecular weight excluding hydrogens is 410 g/mol. The summed E-state index contributed by atoms with van der Waals surface area (Å²) in [5.41, 5.74) is 13.4. The van der Waals surface area contributed by atoms with Crippen LogP contribution in [0.2, 0.25) is 0 Å². The van der Waals surface area contributed by atoms with E-state index in [1.165, 1.54) is 0 Å². The topological polar surface area (TPSA) is 152 Å². The van der Waals surface area contributed by atoms with E-state index in [1.807, 2.05) is 63.2 Å². The highest BCUT2D eigenvalue weighted by Crippen LogP contribution is 2.30. The van der Waals surface area contributed by atoms with Crippen LogP contribution in [0, 0.1) is 0 Å². The lowest BCUT2D eigenvalue weighted by atomic mass is 10.0. The van der Waals surface area contributed by atoms with E-state index in [0.29, 0.717) is 17.9 Å². The summed E-state index contributed by atoms with van der Waals surface area (Å²) in [5, 5.41) is 6.50. The zero-order valence-corrected chi connectivity index (χ0v) is 18.6. The number of benzene rings is 2. The molecule has 3 rings (SSSR count). The van der Waals surface area contributed by atoms with E-state index in [-0.39, 0.29) is 6.41 Å². The van der Waals surface area contributed by atoms with Gasteiger partial charge >= 0.3 is 6.09 Å². The van der Waals surface area contributed by atoms with Gasteiger partial charge in [0.15, 0.2) is 0 Å². The van der Waals surface area contributed by atoms with Crippen molar-refractivity contribution >= 4 is 35.1 Å². The third kappa shape index (κ3) is 6.24. The van der Waals surface area contributed by atoms with Crippen molar-refractivity contribution in [3.05, 3.63) is 53.6 Å². The molecule has 0 fully saturated rings. The number of fused-ring (bicyclic) bond motifs is 1. The van der Waals surface area contributed by atoms with E-state index in [1.54, 1.807) is 7.05 Å². The maximum Gasteiger partial charge on any atom is 0.407 e. The molecule has 9 nitrogen and oxygen atoms in total. The van der Waals surface area contributed by atoms with Crippen LogP contribution in [0.3, 0.4) is 0 Å². The molecule has 0 saturated heterocycles. The standard InChI is InChI=1S/C22H26N4O3.CH3NO/c1-22(2,3)29-21(28)25-12-13-5-7-14(8-6-13)15-9-10-16-17(11-15)26-20(24-4)18(16)19(23)27;2-1-3/h5-11,24,26H,12H2,1-4H3,(H2,23,27)(H,25,28);1H,(H2,2,3). The van der Waals surface area contributed by atoms with Gasteiger partial charge in [0.05, 0.1) is 5.56 Å². The number of nitrogens with one attached hydrogen (secondary N) is 3. The van der Waals surface area contributed by atoms with Crippen molar-refractivity contribution in [1.29, 1.82) is 0 Å². The minimum Gasteiger partial charge on any atom is -0.444 e. The molecule has 0 aliphatic heterocycles. The van der Waals surface area contributed by atoms with Gasteiger partial charge in [-0.15, -0.1) is 0 Å². The van der Waals surface area contributed by atoms with Crippen LogP contribution in [0.15, 0.2) is 42.5 Å². The third-order valence-corrected chi connectivity index (χ3v) is 4.42. The van der Waals surface area contributed by atoms with Crippen LogP contribution in [0.25, 0.3) is 22.0 Å². The number of carbonyl (C=O) groups is 3. The van der Waals surface area contributed by atoms with Crippen LogP contribution in [0.1, 0.15) is 36.7 Å². The zero-order valence-electron chi connectivity index (χ0n) is 18.6. The Balaban J connectivity index is 0.00000114. The first-order valence-corrected chi connectivity index (χ1v) is 9.94. The van der Waals surface area contributed by atoms with Gasteiger partial charge in [-0.3, -0.25) is 9.59 Å². The Morgan fingerprint density at radius 3 is 2.22 bits per heavy atom. The molecule has 0 radical (unpaired) electrons. The van der Waals surface area contributed by atoms with Crippen molar-refractivity contribution in [2.45, 2.75) is 32.9 Å². The summed E-state index contributed by atoms with van der Waals surface area (Å²) in [6.07, 6.45) is -0.190. The monoisotopic (exact) mass is 439 g/mol. The Morgan fingerprint density at radius 1 is 1.09 bits per heavy atom. The van der Waals surface area contributed by atoms with Crippen molar-refractivity contribution in [3.8, 4) is 11.1 Å². The summed E-state index contributed by atoms with van der Waals surface area (Å²) < 4.78 is 5.24. The van der Waals surface area contributed by atoms with E-state index < -0.39 is 17.6 Å². The molecule has 0 aliphatic carbocycles. The molecule has 0 aliphatic rings. The number of nitrogens with two attached hydrogens (primary N) is 2. The summed E-state index contributed by atoms with van der Waals surface area (Å²) in [6, 6.07) is 13.7. The van der Waals surface area contributed by atoms with E-state index in [0.717, 1.165) is 27.6 Å². The zero-order chi connectivity index (χ0) is 23.9. The largest absolute Gasteiger partial charge is 0.444 e. The summed E-state index contributed by atoms with van der Waals surface area (Å²) >= 11 is 0. The second-order valence-corrected chi connectivity index (χ2v) is 7.94. The van der Waals surface area contributed by atoms with Crippen molar-refractivity contribution in [2.75, 3.05) is 12.4 Å². The SMILES string of the molecule is CNc1[nH]c2cc(-c3ccc(CNC(=O)OC(C)(C)C)cc3)ccc2c1C(N)=O.NC=O. The fourth-order valence-corrected chi connectivity index (χ4v) is 3.12. The first-order valence-electron chi connectivity index (χ1n) is 9.94. The Morgan fingerprint density at radius 2 is 1.69 bits per heavy atom. The molecule has 170 valence electrons. The molecular formula is C23H29N5O4. The van der Waals surface area contributed by atoms with Gasteiger partial charge in [0.25, 0.3) is 5.91 Å². The third-order valence-electron chi connectivity index (χ3n) is 4.42. The van der Waals surface area contributed by atoms with Gasteiger partial charge in [0.1, 0.15) is 11.4 Å². The number of anilines is 1. The Kier molecular flexibility index (Phi) is 7.84. The van der Waals surface area contributed by atoms with Gasteiger partial charge in [-0.2, -0.15) is 0 Å². The molecule has 9 heteroatoms. The van der Waals surface area contributed by atoms with Crippen molar-refractivity contribution in [3.63, 3.8) is 0 Å². The average Bonchev–Trinajstić information content (AvgIpc) is 3.10. The number of carbonyl (C=O) groups excluding carboxylic acids is 3. The fourth-order valence-electron chi connectivity index (χ4n) is 3.12. The van der Waals surface area contributed by atoms with Crippen LogP contribution < -0.4 is 22.1 Å². The fraction of sp³-hybridized carbons (Fsp3) is 0.261. The quantitative estimate of drug-likeness (QED) is 0.387. The summed E-state index contributed by atoms with van der Waals surface area (Å²) in [6.45, 7) is 5.87. The molecule has 0 spiro atoms. The highest BCUT2D eigenvalue weighted by Gasteiger charge is 2.17. The molecule has 3 amide bonds. The smallest absolute Gasteiger partial charge is 0.407 e. The van der Waals surface area contributed by atoms with Gasteiger partial charge in [0, 0.05) is 24.5 Å². The van der Waals surface area contributed by atoms with Crippen LogP contribution >= 0.6 is 0 Å². The molecule has 1 aromatic heterocycles. The van der Waals surface area contributed by atoms with Gasteiger partial charge in [0.2, 0.25) is 6.41 Å². The van der Waals surface area contributed by atoms with Crippen molar-refractivity contribution < 1.29 is 19.1 Å². The highest BCUT2D eigenvalue weighted by atomic mass is 16.6. The Labute approximate surface area is 186 Å². The number of alkyl carbamates (subject to hydrolysis) is 1. The normalized spacial score (nSPS) is 10.6.